The minimum atomic E-state index is 0. The highest BCUT2D eigenvalue weighted by atomic mass is 35.5. The zero-order valence-corrected chi connectivity index (χ0v) is 9.87. The highest BCUT2D eigenvalue weighted by Crippen LogP contribution is 2.16. The second-order valence-electron chi connectivity index (χ2n) is 3.38. The third-order valence-corrected chi connectivity index (χ3v) is 2.61. The fourth-order valence-corrected chi connectivity index (χ4v) is 1.39. The summed E-state index contributed by atoms with van der Waals surface area (Å²) in [6.07, 6.45) is 1.73. The third kappa shape index (κ3) is 2.78. The van der Waals surface area contributed by atoms with Gasteiger partial charge in [-0.15, -0.1) is 12.4 Å². The van der Waals surface area contributed by atoms with E-state index in [2.05, 4.69) is 44.8 Å². The van der Waals surface area contributed by atoms with E-state index >= 15 is 0 Å². The fraction of sp³-hybridized carbons (Fsp3) is 0.333. The maximum atomic E-state index is 3.63. The molecule has 0 aliphatic carbocycles. The normalized spacial score (nSPS) is 9.07. The summed E-state index contributed by atoms with van der Waals surface area (Å²) in [6.45, 7) is 11.0. The lowest BCUT2D eigenvalue weighted by Crippen LogP contribution is -2.06. The molecule has 14 heavy (non-hydrogen) atoms. The molecule has 0 atom stereocenters. The van der Waals surface area contributed by atoms with Crippen molar-refractivity contribution in [1.82, 2.24) is 5.32 Å². The van der Waals surface area contributed by atoms with Crippen molar-refractivity contribution >= 4 is 12.4 Å². The first kappa shape index (κ1) is 13.1. The first-order chi connectivity index (χ1) is 6.16. The van der Waals surface area contributed by atoms with Gasteiger partial charge in [0, 0.05) is 6.54 Å². The van der Waals surface area contributed by atoms with Crippen LogP contribution in [-0.2, 0) is 6.54 Å². The standard InChI is InChI=1S/C12H17N.ClH/c1-5-13-8-12-7-6-9(2)10(3)11(12)4;/h5-7,13H,1,8H2,2-4H3;1H. The number of benzene rings is 1. The molecule has 0 saturated heterocycles. The Labute approximate surface area is 92.6 Å². The SMILES string of the molecule is C=CNCc1ccc(C)c(C)c1C.Cl. The number of aryl methyl sites for hydroxylation is 1. The number of hydrogen-bond acceptors (Lipinski definition) is 1. The summed E-state index contributed by atoms with van der Waals surface area (Å²) < 4.78 is 0. The van der Waals surface area contributed by atoms with Crippen molar-refractivity contribution in [2.45, 2.75) is 27.3 Å². The van der Waals surface area contributed by atoms with Gasteiger partial charge < -0.3 is 5.32 Å². The quantitative estimate of drug-likeness (QED) is 0.810. The van der Waals surface area contributed by atoms with Crippen LogP contribution in [0.3, 0.4) is 0 Å². The summed E-state index contributed by atoms with van der Waals surface area (Å²) in [5, 5.41) is 3.12. The van der Waals surface area contributed by atoms with Crippen LogP contribution < -0.4 is 5.32 Å². The van der Waals surface area contributed by atoms with Crippen LogP contribution in [0.4, 0.5) is 0 Å². The molecule has 1 rings (SSSR count). The molecule has 0 aliphatic rings. The second-order valence-corrected chi connectivity index (χ2v) is 3.38. The molecule has 2 heteroatoms. The van der Waals surface area contributed by atoms with Crippen molar-refractivity contribution in [1.29, 1.82) is 0 Å². The Hall–Kier alpha value is -0.950. The molecule has 0 heterocycles. The van der Waals surface area contributed by atoms with Crippen LogP contribution in [0.1, 0.15) is 22.3 Å². The summed E-state index contributed by atoms with van der Waals surface area (Å²) in [5.41, 5.74) is 5.49. The van der Waals surface area contributed by atoms with E-state index in [1.807, 2.05) is 0 Å². The van der Waals surface area contributed by atoms with Gasteiger partial charge in [0.1, 0.15) is 0 Å². The van der Waals surface area contributed by atoms with E-state index < -0.39 is 0 Å². The lowest BCUT2D eigenvalue weighted by atomic mass is 9.99. The fourth-order valence-electron chi connectivity index (χ4n) is 1.39. The molecule has 0 saturated carbocycles. The molecule has 1 nitrogen and oxygen atoms in total. The first-order valence-corrected chi connectivity index (χ1v) is 4.56. The van der Waals surface area contributed by atoms with E-state index in [1.54, 1.807) is 6.20 Å². The molecule has 0 aliphatic heterocycles. The number of rotatable bonds is 3. The minimum Gasteiger partial charge on any atom is -0.387 e. The average molecular weight is 212 g/mol. The number of hydrogen-bond donors (Lipinski definition) is 1. The Morgan fingerprint density at radius 1 is 1.21 bits per heavy atom. The van der Waals surface area contributed by atoms with Crippen LogP contribution in [-0.4, -0.2) is 0 Å². The van der Waals surface area contributed by atoms with Crippen LogP contribution in [0, 0.1) is 20.8 Å². The summed E-state index contributed by atoms with van der Waals surface area (Å²) in [5.74, 6) is 0. The lowest BCUT2D eigenvalue weighted by molar-refractivity contribution is 0.861. The van der Waals surface area contributed by atoms with E-state index in [0.717, 1.165) is 6.54 Å². The lowest BCUT2D eigenvalue weighted by Gasteiger charge is -2.10. The van der Waals surface area contributed by atoms with E-state index in [9.17, 15) is 0 Å². The highest BCUT2D eigenvalue weighted by molar-refractivity contribution is 5.85. The zero-order valence-electron chi connectivity index (χ0n) is 9.05. The van der Waals surface area contributed by atoms with Crippen molar-refractivity contribution in [2.75, 3.05) is 0 Å². The Bertz CT molecular complexity index is 318. The predicted molar refractivity (Wildman–Crippen MR) is 64.9 cm³/mol. The first-order valence-electron chi connectivity index (χ1n) is 4.56. The molecule has 0 fully saturated rings. The van der Waals surface area contributed by atoms with E-state index in [0.29, 0.717) is 0 Å². The molecule has 1 N–H and O–H groups in total. The van der Waals surface area contributed by atoms with Gasteiger partial charge in [-0.3, -0.25) is 0 Å². The van der Waals surface area contributed by atoms with Gasteiger partial charge in [-0.2, -0.15) is 0 Å². The summed E-state index contributed by atoms with van der Waals surface area (Å²) in [6, 6.07) is 4.34. The molecule has 1 aromatic rings. The molecule has 0 unspecified atom stereocenters. The van der Waals surface area contributed by atoms with Crippen molar-refractivity contribution in [3.05, 3.63) is 47.2 Å². The van der Waals surface area contributed by atoms with Crippen molar-refractivity contribution in [3.8, 4) is 0 Å². The average Bonchev–Trinajstić information content (AvgIpc) is 2.13. The highest BCUT2D eigenvalue weighted by Gasteiger charge is 2.01. The van der Waals surface area contributed by atoms with Crippen LogP contribution in [0.15, 0.2) is 24.9 Å². The smallest absolute Gasteiger partial charge is 0.0397 e. The van der Waals surface area contributed by atoms with Gasteiger partial charge in [0.05, 0.1) is 0 Å². The van der Waals surface area contributed by atoms with Gasteiger partial charge in [0.2, 0.25) is 0 Å². The molecular weight excluding hydrogens is 194 g/mol. The molecule has 1 aromatic carbocycles. The van der Waals surface area contributed by atoms with Crippen molar-refractivity contribution in [2.24, 2.45) is 0 Å². The van der Waals surface area contributed by atoms with Crippen LogP contribution in [0.25, 0.3) is 0 Å². The van der Waals surface area contributed by atoms with E-state index in [-0.39, 0.29) is 12.4 Å². The second kappa shape index (κ2) is 5.71. The van der Waals surface area contributed by atoms with E-state index in [1.165, 1.54) is 22.3 Å². The Morgan fingerprint density at radius 3 is 2.43 bits per heavy atom. The predicted octanol–water partition coefficient (Wildman–Crippen LogP) is 3.27. The van der Waals surface area contributed by atoms with E-state index in [4.69, 9.17) is 0 Å². The summed E-state index contributed by atoms with van der Waals surface area (Å²) >= 11 is 0. The minimum absolute atomic E-state index is 0. The Balaban J connectivity index is 0.00000169. The summed E-state index contributed by atoms with van der Waals surface area (Å²) in [7, 11) is 0. The zero-order chi connectivity index (χ0) is 9.84. The third-order valence-electron chi connectivity index (χ3n) is 2.61. The monoisotopic (exact) mass is 211 g/mol. The van der Waals surface area contributed by atoms with Crippen LogP contribution in [0.5, 0.6) is 0 Å². The van der Waals surface area contributed by atoms with Crippen molar-refractivity contribution < 1.29 is 0 Å². The van der Waals surface area contributed by atoms with Crippen LogP contribution >= 0.6 is 12.4 Å². The van der Waals surface area contributed by atoms with Gasteiger partial charge in [-0.25, -0.2) is 0 Å². The molecule has 78 valence electrons. The van der Waals surface area contributed by atoms with Gasteiger partial charge in [0.25, 0.3) is 0 Å². The molecule has 0 aromatic heterocycles. The molecule has 0 spiro atoms. The largest absolute Gasteiger partial charge is 0.387 e. The molecular formula is C12H18ClN. The molecule has 0 bridgehead atoms. The Kier molecular flexibility index (Phi) is 5.32. The van der Waals surface area contributed by atoms with Gasteiger partial charge in [-0.05, 0) is 49.2 Å². The van der Waals surface area contributed by atoms with Gasteiger partial charge in [-0.1, -0.05) is 18.7 Å². The number of nitrogens with one attached hydrogen (secondary N) is 1. The van der Waals surface area contributed by atoms with Gasteiger partial charge in [0.15, 0.2) is 0 Å². The molecule has 0 amide bonds. The summed E-state index contributed by atoms with van der Waals surface area (Å²) in [4.78, 5) is 0. The maximum absolute atomic E-state index is 3.63. The van der Waals surface area contributed by atoms with Crippen molar-refractivity contribution in [3.63, 3.8) is 0 Å². The molecule has 0 radical (unpaired) electrons. The van der Waals surface area contributed by atoms with Crippen LogP contribution in [0.2, 0.25) is 0 Å². The Morgan fingerprint density at radius 2 is 1.86 bits per heavy atom. The van der Waals surface area contributed by atoms with Gasteiger partial charge >= 0.3 is 0 Å². The maximum Gasteiger partial charge on any atom is 0.0397 e. The topological polar surface area (TPSA) is 12.0 Å². The number of halogens is 1.